The molecule has 3 rings (SSSR count). The minimum absolute atomic E-state index is 0.0936. The molecule has 1 aromatic heterocycles. The van der Waals surface area contributed by atoms with Gasteiger partial charge in [0.25, 0.3) is 5.91 Å². The molecule has 0 bridgehead atoms. The number of amides is 2. The number of carbonyl (C=O) groups is 2. The van der Waals surface area contributed by atoms with Crippen LogP contribution >= 0.6 is 12.2 Å². The lowest BCUT2D eigenvalue weighted by molar-refractivity contribution is -0.121. The highest BCUT2D eigenvalue weighted by atomic mass is 32.1. The molecule has 124 valence electrons. The number of carbonyl (C=O) groups excluding carboxylic acids is 2. The van der Waals surface area contributed by atoms with Gasteiger partial charge in [-0.3, -0.25) is 14.5 Å². The van der Waals surface area contributed by atoms with Crippen molar-refractivity contribution in [3.8, 4) is 0 Å². The van der Waals surface area contributed by atoms with Crippen LogP contribution in [0.3, 0.4) is 0 Å². The van der Waals surface area contributed by atoms with E-state index in [1.54, 1.807) is 13.1 Å². The molecule has 24 heavy (non-hydrogen) atoms. The Hall–Kier alpha value is -2.67. The monoisotopic (exact) mass is 342 g/mol. The number of nitrogens with two attached hydrogens (primary N) is 1. The van der Waals surface area contributed by atoms with Gasteiger partial charge in [0.15, 0.2) is 5.11 Å². The maximum absolute atomic E-state index is 12.2. The van der Waals surface area contributed by atoms with Crippen LogP contribution < -0.4 is 11.1 Å². The van der Waals surface area contributed by atoms with Crippen molar-refractivity contribution in [2.45, 2.75) is 19.9 Å². The van der Waals surface area contributed by atoms with Crippen LogP contribution in [0.5, 0.6) is 0 Å². The Labute approximate surface area is 144 Å². The van der Waals surface area contributed by atoms with E-state index in [4.69, 9.17) is 18.0 Å². The van der Waals surface area contributed by atoms with Crippen molar-refractivity contribution in [1.29, 1.82) is 0 Å². The number of likely N-dealkylation sites (N-methyl/N-ethyl adjacent to an activating group) is 1. The highest BCUT2D eigenvalue weighted by Gasteiger charge is 2.27. The molecule has 1 fully saturated rings. The molecule has 1 aliphatic heterocycles. The molecule has 0 radical (unpaired) electrons. The summed E-state index contributed by atoms with van der Waals surface area (Å²) >= 11 is 5.10. The van der Waals surface area contributed by atoms with E-state index in [1.807, 2.05) is 29.0 Å². The fraction of sp³-hybridized carbons (Fsp3) is 0.235. The Balaban J connectivity index is 2.17. The van der Waals surface area contributed by atoms with Crippen molar-refractivity contribution in [2.75, 3.05) is 7.05 Å². The Morgan fingerprint density at radius 3 is 2.75 bits per heavy atom. The van der Waals surface area contributed by atoms with E-state index in [2.05, 4.69) is 12.2 Å². The number of hydrogen-bond acceptors (Lipinski definition) is 3. The van der Waals surface area contributed by atoms with Gasteiger partial charge in [0, 0.05) is 24.2 Å². The SMILES string of the molecule is CCc1cccc2c(C=C3NC(=S)N(C)C3=O)cn(CC(N)=O)c12. The van der Waals surface area contributed by atoms with Gasteiger partial charge in [0.1, 0.15) is 12.2 Å². The highest BCUT2D eigenvalue weighted by Crippen LogP contribution is 2.27. The average molecular weight is 342 g/mol. The first-order chi connectivity index (χ1) is 11.4. The molecule has 1 aromatic carbocycles. The van der Waals surface area contributed by atoms with Crippen LogP contribution in [-0.4, -0.2) is 33.4 Å². The number of thiocarbonyl (C=S) groups is 1. The van der Waals surface area contributed by atoms with E-state index in [9.17, 15) is 9.59 Å². The molecule has 3 N–H and O–H groups in total. The number of para-hydroxylation sites is 1. The predicted molar refractivity (Wildman–Crippen MR) is 97.0 cm³/mol. The van der Waals surface area contributed by atoms with E-state index in [-0.39, 0.29) is 12.5 Å². The van der Waals surface area contributed by atoms with Gasteiger partial charge in [-0.15, -0.1) is 0 Å². The van der Waals surface area contributed by atoms with Gasteiger partial charge in [-0.05, 0) is 30.3 Å². The van der Waals surface area contributed by atoms with Crippen LogP contribution in [-0.2, 0) is 22.6 Å². The smallest absolute Gasteiger partial charge is 0.276 e. The molecule has 0 atom stereocenters. The second kappa shape index (κ2) is 6.09. The first-order valence-corrected chi connectivity index (χ1v) is 8.03. The lowest BCUT2D eigenvalue weighted by atomic mass is 10.1. The van der Waals surface area contributed by atoms with Crippen LogP contribution in [0.2, 0.25) is 0 Å². The third kappa shape index (κ3) is 2.67. The Morgan fingerprint density at radius 1 is 1.42 bits per heavy atom. The Kier molecular flexibility index (Phi) is 4.11. The Morgan fingerprint density at radius 2 is 2.17 bits per heavy atom. The van der Waals surface area contributed by atoms with Gasteiger partial charge in [-0.2, -0.15) is 0 Å². The third-order valence-corrected chi connectivity index (χ3v) is 4.48. The van der Waals surface area contributed by atoms with Crippen molar-refractivity contribution in [1.82, 2.24) is 14.8 Å². The summed E-state index contributed by atoms with van der Waals surface area (Å²) in [7, 11) is 1.63. The zero-order valence-corrected chi connectivity index (χ0v) is 14.3. The van der Waals surface area contributed by atoms with Crippen molar-refractivity contribution >= 4 is 46.1 Å². The zero-order chi connectivity index (χ0) is 17.4. The molecule has 0 saturated carbocycles. The van der Waals surface area contributed by atoms with Crippen LogP contribution in [0.4, 0.5) is 0 Å². The quantitative estimate of drug-likeness (QED) is 0.650. The summed E-state index contributed by atoms with van der Waals surface area (Å²) in [5, 5.41) is 4.26. The zero-order valence-electron chi connectivity index (χ0n) is 13.5. The maximum Gasteiger partial charge on any atom is 0.276 e. The maximum atomic E-state index is 12.2. The fourth-order valence-electron chi connectivity index (χ4n) is 2.94. The lowest BCUT2D eigenvalue weighted by Gasteiger charge is -2.06. The highest BCUT2D eigenvalue weighted by molar-refractivity contribution is 7.80. The average Bonchev–Trinajstić information content (AvgIpc) is 3.00. The molecule has 0 unspecified atom stereocenters. The normalized spacial score (nSPS) is 16.2. The molecule has 2 aromatic rings. The van der Waals surface area contributed by atoms with Crippen LogP contribution in [0, 0.1) is 0 Å². The lowest BCUT2D eigenvalue weighted by Crippen LogP contribution is -2.25. The summed E-state index contributed by atoms with van der Waals surface area (Å²) in [5.74, 6) is -0.588. The summed E-state index contributed by atoms with van der Waals surface area (Å²) in [6, 6.07) is 5.97. The second-order valence-corrected chi connectivity index (χ2v) is 6.08. The summed E-state index contributed by atoms with van der Waals surface area (Å²) < 4.78 is 1.84. The topological polar surface area (TPSA) is 80.4 Å². The standard InChI is InChI=1S/C17H18N4O2S/c1-3-10-5-4-6-12-11(8-21(15(10)12)9-14(18)22)7-13-16(23)20(2)17(24)19-13/h4-8H,3,9H2,1-2H3,(H2,18,22)(H,19,24). The van der Waals surface area contributed by atoms with Gasteiger partial charge in [0.2, 0.25) is 5.91 Å². The van der Waals surface area contributed by atoms with Gasteiger partial charge in [-0.1, -0.05) is 25.1 Å². The van der Waals surface area contributed by atoms with E-state index < -0.39 is 5.91 Å². The molecule has 2 amide bonds. The number of aryl methyl sites for hydroxylation is 1. The van der Waals surface area contributed by atoms with Crippen LogP contribution in [0.1, 0.15) is 18.1 Å². The molecule has 0 aliphatic carbocycles. The van der Waals surface area contributed by atoms with Crippen molar-refractivity contribution in [3.63, 3.8) is 0 Å². The van der Waals surface area contributed by atoms with Crippen LogP contribution in [0.15, 0.2) is 30.1 Å². The van der Waals surface area contributed by atoms with Gasteiger partial charge in [0.05, 0.1) is 5.52 Å². The molecular formula is C17H18N4O2S. The molecular weight excluding hydrogens is 324 g/mol. The summed E-state index contributed by atoms with van der Waals surface area (Å²) in [4.78, 5) is 25.0. The molecule has 0 spiro atoms. The Bertz CT molecular complexity index is 897. The van der Waals surface area contributed by atoms with Gasteiger partial charge >= 0.3 is 0 Å². The number of nitrogens with zero attached hydrogens (tertiary/aromatic N) is 2. The minimum atomic E-state index is -0.409. The predicted octanol–water partition coefficient (Wildman–Crippen LogP) is 1.38. The number of fused-ring (bicyclic) bond motifs is 1. The number of nitrogens with one attached hydrogen (secondary N) is 1. The second-order valence-electron chi connectivity index (χ2n) is 5.70. The van der Waals surface area contributed by atoms with Gasteiger partial charge in [-0.25, -0.2) is 0 Å². The first kappa shape index (κ1) is 16.2. The van der Waals surface area contributed by atoms with Gasteiger partial charge < -0.3 is 15.6 Å². The number of primary amides is 1. The summed E-state index contributed by atoms with van der Waals surface area (Å²) in [6.45, 7) is 2.15. The summed E-state index contributed by atoms with van der Waals surface area (Å²) in [6.07, 6.45) is 4.44. The van der Waals surface area contributed by atoms with E-state index >= 15 is 0 Å². The third-order valence-electron chi connectivity index (χ3n) is 4.10. The van der Waals surface area contributed by atoms with E-state index in [1.165, 1.54) is 4.90 Å². The van der Waals surface area contributed by atoms with E-state index in [0.29, 0.717) is 10.8 Å². The molecule has 7 heteroatoms. The number of hydrogen-bond donors (Lipinski definition) is 2. The van der Waals surface area contributed by atoms with Crippen LogP contribution in [0.25, 0.3) is 17.0 Å². The molecule has 1 saturated heterocycles. The molecule has 6 nitrogen and oxygen atoms in total. The largest absolute Gasteiger partial charge is 0.368 e. The molecule has 2 heterocycles. The first-order valence-electron chi connectivity index (χ1n) is 7.62. The fourth-order valence-corrected chi connectivity index (χ4v) is 3.13. The van der Waals surface area contributed by atoms with E-state index in [0.717, 1.165) is 28.5 Å². The number of rotatable bonds is 4. The van der Waals surface area contributed by atoms with Crippen molar-refractivity contribution in [3.05, 3.63) is 41.2 Å². The molecule has 1 aliphatic rings. The summed E-state index contributed by atoms with van der Waals surface area (Å²) in [5.41, 5.74) is 8.72. The van der Waals surface area contributed by atoms with Crippen molar-refractivity contribution in [2.24, 2.45) is 5.73 Å². The number of benzene rings is 1. The minimum Gasteiger partial charge on any atom is -0.368 e. The number of aromatic nitrogens is 1. The van der Waals surface area contributed by atoms with Crippen molar-refractivity contribution < 1.29 is 9.59 Å².